The van der Waals surface area contributed by atoms with E-state index in [0.717, 1.165) is 4.90 Å². The molecule has 0 fully saturated rings. The minimum absolute atomic E-state index is 1.01. The first kappa shape index (κ1) is 15.1. The third-order valence-electron chi connectivity index (χ3n) is 4.55. The summed E-state index contributed by atoms with van der Waals surface area (Å²) < 4.78 is 0. The summed E-state index contributed by atoms with van der Waals surface area (Å²) in [5.74, 6) is 0. The molecule has 0 saturated heterocycles. The fourth-order valence-corrected chi connectivity index (χ4v) is 3.73. The van der Waals surface area contributed by atoms with E-state index in [2.05, 4.69) is 91.8 Å². The molecule has 0 aromatic heterocycles. The number of fused-ring (bicyclic) bond motifs is 2. The number of anilines is 1. The second-order valence-electron chi connectivity index (χ2n) is 6.26. The molecular weight excluding hydrogens is 310 g/mol. The standard InChI is InChI=1S/C22H19NS/c1-23(2)19-13-11-15-7-3-5-9-17(15)21(19)22-18-10-6-4-8-16(18)12-14-20(22)24/h3-14,24H,1-2H3. The van der Waals surface area contributed by atoms with Crippen LogP contribution in [-0.2, 0) is 0 Å². The Bertz CT molecular complexity index is 1050. The van der Waals surface area contributed by atoms with E-state index in [-0.39, 0.29) is 0 Å². The van der Waals surface area contributed by atoms with Gasteiger partial charge in [0.15, 0.2) is 0 Å². The Morgan fingerprint density at radius 3 is 1.79 bits per heavy atom. The van der Waals surface area contributed by atoms with Crippen molar-refractivity contribution < 1.29 is 0 Å². The average Bonchev–Trinajstić information content (AvgIpc) is 2.61. The lowest BCUT2D eigenvalue weighted by atomic mass is 9.92. The summed E-state index contributed by atoms with van der Waals surface area (Å²) in [4.78, 5) is 3.18. The predicted molar refractivity (Wildman–Crippen MR) is 108 cm³/mol. The highest BCUT2D eigenvalue weighted by atomic mass is 32.1. The van der Waals surface area contributed by atoms with E-state index >= 15 is 0 Å². The van der Waals surface area contributed by atoms with Gasteiger partial charge in [0.05, 0.1) is 0 Å². The van der Waals surface area contributed by atoms with E-state index in [9.17, 15) is 0 Å². The Labute approximate surface area is 147 Å². The summed E-state index contributed by atoms with van der Waals surface area (Å²) in [5.41, 5.74) is 3.66. The zero-order valence-electron chi connectivity index (χ0n) is 13.8. The molecule has 0 heterocycles. The Hall–Kier alpha value is -2.45. The summed E-state index contributed by atoms with van der Waals surface area (Å²) >= 11 is 4.81. The molecule has 4 aromatic rings. The van der Waals surface area contributed by atoms with Crippen molar-refractivity contribution in [3.63, 3.8) is 0 Å². The Balaban J connectivity index is 2.21. The van der Waals surface area contributed by atoms with Crippen molar-refractivity contribution in [1.82, 2.24) is 0 Å². The summed E-state index contributed by atoms with van der Waals surface area (Å²) in [6.45, 7) is 0. The number of thiol groups is 1. The molecule has 0 aliphatic rings. The van der Waals surface area contributed by atoms with Crippen LogP contribution in [0.2, 0.25) is 0 Å². The van der Waals surface area contributed by atoms with Gasteiger partial charge in [0.25, 0.3) is 0 Å². The van der Waals surface area contributed by atoms with Gasteiger partial charge in [-0.15, -0.1) is 12.6 Å². The molecule has 24 heavy (non-hydrogen) atoms. The number of benzene rings is 4. The third kappa shape index (κ3) is 2.35. The third-order valence-corrected chi connectivity index (χ3v) is 4.92. The maximum Gasteiger partial charge on any atom is 0.0447 e. The second-order valence-corrected chi connectivity index (χ2v) is 6.74. The fourth-order valence-electron chi connectivity index (χ4n) is 3.42. The second kappa shape index (κ2) is 5.88. The lowest BCUT2D eigenvalue weighted by Gasteiger charge is -2.22. The molecule has 0 N–H and O–H groups in total. The van der Waals surface area contributed by atoms with Crippen LogP contribution in [0.15, 0.2) is 77.7 Å². The van der Waals surface area contributed by atoms with E-state index in [1.807, 2.05) is 0 Å². The molecule has 0 saturated carbocycles. The van der Waals surface area contributed by atoms with Crippen molar-refractivity contribution in [3.8, 4) is 11.1 Å². The Morgan fingerprint density at radius 2 is 1.17 bits per heavy atom. The largest absolute Gasteiger partial charge is 0.377 e. The van der Waals surface area contributed by atoms with E-state index in [0.29, 0.717) is 0 Å². The predicted octanol–water partition coefficient (Wildman–Crippen LogP) is 6.01. The summed E-state index contributed by atoms with van der Waals surface area (Å²) in [6, 6.07) is 25.7. The van der Waals surface area contributed by atoms with Crippen LogP contribution in [-0.4, -0.2) is 14.1 Å². The normalized spacial score (nSPS) is 11.1. The van der Waals surface area contributed by atoms with Gasteiger partial charge in [-0.05, 0) is 33.7 Å². The van der Waals surface area contributed by atoms with Gasteiger partial charge in [-0.1, -0.05) is 60.7 Å². The van der Waals surface area contributed by atoms with Crippen molar-refractivity contribution >= 4 is 39.9 Å². The molecular formula is C22H19NS. The lowest BCUT2D eigenvalue weighted by molar-refractivity contribution is 1.14. The molecule has 0 aliphatic heterocycles. The van der Waals surface area contributed by atoms with Gasteiger partial charge in [-0.3, -0.25) is 0 Å². The minimum Gasteiger partial charge on any atom is -0.377 e. The van der Waals surface area contributed by atoms with Crippen LogP contribution in [0.5, 0.6) is 0 Å². The van der Waals surface area contributed by atoms with Gasteiger partial charge in [-0.25, -0.2) is 0 Å². The molecule has 4 rings (SSSR count). The van der Waals surface area contributed by atoms with Crippen molar-refractivity contribution in [3.05, 3.63) is 72.8 Å². The SMILES string of the molecule is CN(C)c1ccc2ccccc2c1-c1c(S)ccc2ccccc12. The van der Waals surface area contributed by atoms with Crippen molar-refractivity contribution in [2.45, 2.75) is 4.90 Å². The maximum atomic E-state index is 4.81. The highest BCUT2D eigenvalue weighted by molar-refractivity contribution is 7.80. The average molecular weight is 329 g/mol. The number of hydrogen-bond acceptors (Lipinski definition) is 2. The van der Waals surface area contributed by atoms with Gasteiger partial charge in [0.2, 0.25) is 0 Å². The number of hydrogen-bond donors (Lipinski definition) is 1. The topological polar surface area (TPSA) is 3.24 Å². The number of rotatable bonds is 2. The van der Waals surface area contributed by atoms with Crippen molar-refractivity contribution in [2.75, 3.05) is 19.0 Å². The molecule has 0 bridgehead atoms. The fraction of sp³-hybridized carbons (Fsp3) is 0.0909. The quantitative estimate of drug-likeness (QED) is 0.440. The molecule has 4 aromatic carbocycles. The first-order valence-electron chi connectivity index (χ1n) is 8.07. The van der Waals surface area contributed by atoms with E-state index < -0.39 is 0 Å². The molecule has 0 amide bonds. The molecule has 0 unspecified atom stereocenters. The molecule has 1 nitrogen and oxygen atoms in total. The van der Waals surface area contributed by atoms with Crippen LogP contribution in [0.1, 0.15) is 0 Å². The summed E-state index contributed by atoms with van der Waals surface area (Å²) in [5, 5.41) is 4.99. The van der Waals surface area contributed by atoms with Crippen LogP contribution < -0.4 is 4.90 Å². The van der Waals surface area contributed by atoms with Gasteiger partial charge in [0, 0.05) is 35.8 Å². The highest BCUT2D eigenvalue weighted by Gasteiger charge is 2.16. The summed E-state index contributed by atoms with van der Waals surface area (Å²) in [7, 11) is 4.19. The molecule has 0 atom stereocenters. The smallest absolute Gasteiger partial charge is 0.0447 e. The van der Waals surface area contributed by atoms with Crippen LogP contribution in [0.25, 0.3) is 32.7 Å². The Kier molecular flexibility index (Phi) is 3.70. The molecule has 0 aliphatic carbocycles. The Morgan fingerprint density at radius 1 is 0.625 bits per heavy atom. The van der Waals surface area contributed by atoms with Crippen LogP contribution in [0.4, 0.5) is 5.69 Å². The minimum atomic E-state index is 1.01. The zero-order chi connectivity index (χ0) is 16.7. The van der Waals surface area contributed by atoms with E-state index in [4.69, 9.17) is 12.6 Å². The van der Waals surface area contributed by atoms with Crippen molar-refractivity contribution in [2.24, 2.45) is 0 Å². The first-order chi connectivity index (χ1) is 11.7. The lowest BCUT2D eigenvalue weighted by Crippen LogP contribution is -2.10. The van der Waals surface area contributed by atoms with Crippen LogP contribution in [0.3, 0.4) is 0 Å². The van der Waals surface area contributed by atoms with Gasteiger partial charge < -0.3 is 4.90 Å². The molecule has 0 radical (unpaired) electrons. The van der Waals surface area contributed by atoms with Crippen LogP contribution in [0, 0.1) is 0 Å². The summed E-state index contributed by atoms with van der Waals surface area (Å²) in [6.07, 6.45) is 0. The van der Waals surface area contributed by atoms with Crippen molar-refractivity contribution in [1.29, 1.82) is 0 Å². The van der Waals surface area contributed by atoms with Gasteiger partial charge >= 0.3 is 0 Å². The van der Waals surface area contributed by atoms with E-state index in [1.165, 1.54) is 38.4 Å². The highest BCUT2D eigenvalue weighted by Crippen LogP contribution is 2.43. The monoisotopic (exact) mass is 329 g/mol. The van der Waals surface area contributed by atoms with Gasteiger partial charge in [0.1, 0.15) is 0 Å². The maximum absolute atomic E-state index is 4.81. The zero-order valence-corrected chi connectivity index (χ0v) is 14.7. The molecule has 118 valence electrons. The van der Waals surface area contributed by atoms with Crippen LogP contribution >= 0.6 is 12.6 Å². The number of nitrogens with zero attached hydrogens (tertiary/aromatic N) is 1. The molecule has 2 heteroatoms. The van der Waals surface area contributed by atoms with E-state index in [1.54, 1.807) is 0 Å². The van der Waals surface area contributed by atoms with Gasteiger partial charge in [-0.2, -0.15) is 0 Å². The first-order valence-corrected chi connectivity index (χ1v) is 8.51. The molecule has 0 spiro atoms.